The maximum atomic E-state index is 12.0. The molecule has 0 amide bonds. The summed E-state index contributed by atoms with van der Waals surface area (Å²) < 4.78 is 36.1. The number of hydrogen-bond acceptors (Lipinski definition) is 4. The summed E-state index contributed by atoms with van der Waals surface area (Å²) in [5, 5.41) is 20.1. The average molecular weight is 196 g/mol. The van der Waals surface area contributed by atoms with Crippen LogP contribution in [-0.2, 0) is 9.59 Å². The number of halogens is 3. The summed E-state index contributed by atoms with van der Waals surface area (Å²) in [6, 6.07) is 0. The summed E-state index contributed by atoms with van der Waals surface area (Å²) >= 11 is 0. The third kappa shape index (κ3) is 1.14. The Morgan fingerprint density at radius 3 is 1.85 bits per heavy atom. The third-order valence-electron chi connectivity index (χ3n) is 2.12. The van der Waals surface area contributed by atoms with Gasteiger partial charge in [-0.25, -0.2) is 0 Å². The second-order valence-electron chi connectivity index (χ2n) is 2.83. The molecular formula is C6H3F3O4-2. The van der Waals surface area contributed by atoms with Crippen molar-refractivity contribution in [1.82, 2.24) is 0 Å². The highest BCUT2D eigenvalue weighted by Crippen LogP contribution is 2.61. The first-order chi connectivity index (χ1) is 5.73. The van der Waals surface area contributed by atoms with E-state index in [4.69, 9.17) is 0 Å². The Labute approximate surface area is 70.0 Å². The largest absolute Gasteiger partial charge is 0.550 e. The van der Waals surface area contributed by atoms with E-state index in [1.807, 2.05) is 0 Å². The summed E-state index contributed by atoms with van der Waals surface area (Å²) in [7, 11) is 0. The Balaban J connectivity index is 2.97. The van der Waals surface area contributed by atoms with Gasteiger partial charge in [0.2, 0.25) is 0 Å². The Morgan fingerprint density at radius 2 is 1.77 bits per heavy atom. The topological polar surface area (TPSA) is 80.3 Å². The van der Waals surface area contributed by atoms with Gasteiger partial charge in [-0.2, -0.15) is 13.2 Å². The highest BCUT2D eigenvalue weighted by Gasteiger charge is 2.72. The molecule has 2 atom stereocenters. The molecule has 4 nitrogen and oxygen atoms in total. The fraction of sp³-hybridized carbons (Fsp3) is 0.667. The fourth-order valence-electron chi connectivity index (χ4n) is 1.20. The number of carbonyl (C=O) groups excluding carboxylic acids is 2. The molecule has 1 aliphatic rings. The van der Waals surface area contributed by atoms with Gasteiger partial charge >= 0.3 is 6.18 Å². The minimum absolute atomic E-state index is 0.999. The lowest BCUT2D eigenvalue weighted by molar-refractivity contribution is -0.338. The van der Waals surface area contributed by atoms with Crippen LogP contribution in [0.4, 0.5) is 13.2 Å². The first-order valence-electron chi connectivity index (χ1n) is 3.22. The van der Waals surface area contributed by atoms with E-state index in [0.29, 0.717) is 0 Å². The monoisotopic (exact) mass is 196 g/mol. The van der Waals surface area contributed by atoms with Crippen molar-refractivity contribution in [3.63, 3.8) is 0 Å². The molecule has 0 aromatic carbocycles. The summed E-state index contributed by atoms with van der Waals surface area (Å²) in [5.41, 5.74) is -3.23. The van der Waals surface area contributed by atoms with E-state index in [9.17, 15) is 33.0 Å². The number of aliphatic carboxylic acids is 2. The van der Waals surface area contributed by atoms with Gasteiger partial charge in [0.15, 0.2) is 0 Å². The summed E-state index contributed by atoms with van der Waals surface area (Å²) in [5.74, 6) is -6.44. The molecule has 0 aromatic heterocycles. The number of rotatable bonds is 2. The van der Waals surface area contributed by atoms with Gasteiger partial charge in [-0.05, 0) is 6.42 Å². The predicted octanol–water partition coefficient (Wildman–Crippen LogP) is -1.95. The smallest absolute Gasteiger partial charge is 0.400 e. The van der Waals surface area contributed by atoms with Gasteiger partial charge in [-0.3, -0.25) is 0 Å². The van der Waals surface area contributed by atoms with Crippen molar-refractivity contribution >= 4 is 11.9 Å². The zero-order chi connectivity index (χ0) is 10.4. The molecule has 0 unspecified atom stereocenters. The molecule has 0 bridgehead atoms. The van der Waals surface area contributed by atoms with Crippen molar-refractivity contribution in [2.75, 3.05) is 0 Å². The van der Waals surface area contributed by atoms with E-state index in [1.165, 1.54) is 0 Å². The number of carbonyl (C=O) groups is 2. The van der Waals surface area contributed by atoms with Gasteiger partial charge in [0.1, 0.15) is 5.41 Å². The average Bonchev–Trinajstić information content (AvgIpc) is 2.57. The quantitative estimate of drug-likeness (QED) is 0.514. The van der Waals surface area contributed by atoms with Crippen molar-refractivity contribution in [3.05, 3.63) is 0 Å². The van der Waals surface area contributed by atoms with Crippen LogP contribution in [-0.4, -0.2) is 18.1 Å². The van der Waals surface area contributed by atoms with Crippen molar-refractivity contribution < 1.29 is 33.0 Å². The Morgan fingerprint density at radius 1 is 1.31 bits per heavy atom. The van der Waals surface area contributed by atoms with E-state index in [0.717, 1.165) is 0 Å². The van der Waals surface area contributed by atoms with Gasteiger partial charge in [0.25, 0.3) is 0 Å². The van der Waals surface area contributed by atoms with Crippen LogP contribution in [0.1, 0.15) is 6.42 Å². The molecule has 0 heterocycles. The molecule has 0 saturated heterocycles. The number of hydrogen-bond donors (Lipinski definition) is 0. The Bertz CT molecular complexity index is 272. The molecule has 0 N–H and O–H groups in total. The van der Waals surface area contributed by atoms with Gasteiger partial charge < -0.3 is 19.8 Å². The minimum atomic E-state index is -5.10. The van der Waals surface area contributed by atoms with Crippen LogP contribution in [0.3, 0.4) is 0 Å². The maximum Gasteiger partial charge on any atom is 0.400 e. The summed E-state index contributed by atoms with van der Waals surface area (Å²) in [4.78, 5) is 20.1. The second-order valence-corrected chi connectivity index (χ2v) is 2.83. The van der Waals surface area contributed by atoms with Crippen molar-refractivity contribution in [1.29, 1.82) is 0 Å². The van der Waals surface area contributed by atoms with E-state index in [1.54, 1.807) is 0 Å². The van der Waals surface area contributed by atoms with Gasteiger partial charge in [-0.1, -0.05) is 0 Å². The first-order valence-corrected chi connectivity index (χ1v) is 3.22. The molecule has 0 aromatic rings. The maximum absolute atomic E-state index is 12.0. The lowest BCUT2D eigenvalue weighted by Crippen LogP contribution is -2.46. The van der Waals surface area contributed by atoms with Crippen LogP contribution in [0.5, 0.6) is 0 Å². The lowest BCUT2D eigenvalue weighted by Gasteiger charge is -2.22. The fourth-order valence-corrected chi connectivity index (χ4v) is 1.20. The van der Waals surface area contributed by atoms with Gasteiger partial charge in [0, 0.05) is 11.9 Å². The third-order valence-corrected chi connectivity index (χ3v) is 2.12. The van der Waals surface area contributed by atoms with E-state index in [2.05, 4.69) is 0 Å². The lowest BCUT2D eigenvalue weighted by atomic mass is 10.0. The number of carboxylic acid groups (broad SMARTS) is 2. The van der Waals surface area contributed by atoms with Gasteiger partial charge in [-0.15, -0.1) is 0 Å². The highest BCUT2D eigenvalue weighted by atomic mass is 19.4. The molecular weight excluding hydrogens is 193 g/mol. The number of carboxylic acids is 2. The van der Waals surface area contributed by atoms with Crippen molar-refractivity contribution in [2.45, 2.75) is 12.6 Å². The SMILES string of the molecule is O=C([O-])[C@@H]1C[C@@]1(C(=O)[O-])C(F)(F)F. The van der Waals surface area contributed by atoms with Gasteiger partial charge in [0.05, 0.1) is 5.97 Å². The number of alkyl halides is 3. The molecule has 1 saturated carbocycles. The molecule has 1 rings (SSSR count). The van der Waals surface area contributed by atoms with Crippen LogP contribution < -0.4 is 10.2 Å². The second kappa shape index (κ2) is 2.36. The van der Waals surface area contributed by atoms with Crippen molar-refractivity contribution in [2.24, 2.45) is 11.3 Å². The zero-order valence-electron chi connectivity index (χ0n) is 6.05. The van der Waals surface area contributed by atoms with Crippen molar-refractivity contribution in [3.8, 4) is 0 Å². The molecule has 0 radical (unpaired) electrons. The zero-order valence-corrected chi connectivity index (χ0v) is 6.05. The standard InChI is InChI=1S/C6H5F3O4/c7-6(8,9)5(4(12)13)1-2(5)3(10)11/h2H,1H2,(H,10,11)(H,12,13)/p-2/t2-,5+/m0/s1. The Hall–Kier alpha value is -1.27. The highest BCUT2D eigenvalue weighted by molar-refractivity contribution is 5.88. The Kier molecular flexibility index (Phi) is 1.78. The van der Waals surface area contributed by atoms with Crippen LogP contribution in [0.15, 0.2) is 0 Å². The van der Waals surface area contributed by atoms with E-state index in [-0.39, 0.29) is 0 Å². The minimum Gasteiger partial charge on any atom is -0.550 e. The van der Waals surface area contributed by atoms with Crippen LogP contribution in [0.25, 0.3) is 0 Å². The predicted molar refractivity (Wildman–Crippen MR) is 26.6 cm³/mol. The summed E-state index contributed by atoms with van der Waals surface area (Å²) in [6.45, 7) is 0. The molecule has 1 aliphatic carbocycles. The first kappa shape index (κ1) is 9.82. The molecule has 7 heteroatoms. The van der Waals surface area contributed by atoms with E-state index < -0.39 is 35.9 Å². The molecule has 13 heavy (non-hydrogen) atoms. The van der Waals surface area contributed by atoms with E-state index >= 15 is 0 Å². The van der Waals surface area contributed by atoms with Crippen LogP contribution >= 0.6 is 0 Å². The molecule has 0 spiro atoms. The molecule has 1 fully saturated rings. The van der Waals surface area contributed by atoms with Crippen LogP contribution in [0, 0.1) is 11.3 Å². The molecule has 74 valence electrons. The van der Waals surface area contributed by atoms with Crippen LogP contribution in [0.2, 0.25) is 0 Å². The normalized spacial score (nSPS) is 32.7. The summed E-state index contributed by atoms with van der Waals surface area (Å²) in [6.07, 6.45) is -6.10. The molecule has 0 aliphatic heterocycles.